The van der Waals surface area contributed by atoms with Crippen molar-refractivity contribution >= 4 is 13.2 Å². The molecule has 8 heteroatoms. The van der Waals surface area contributed by atoms with Crippen molar-refractivity contribution < 1.29 is 28.8 Å². The maximum atomic E-state index is 10.9. The van der Waals surface area contributed by atoms with Gasteiger partial charge in [-0.25, -0.2) is 0 Å². The van der Waals surface area contributed by atoms with E-state index in [1.807, 2.05) is 13.8 Å². The van der Waals surface area contributed by atoms with Gasteiger partial charge in [-0.1, -0.05) is 0 Å². The molecule has 0 aromatic rings. The van der Waals surface area contributed by atoms with Crippen LogP contribution in [0.25, 0.3) is 0 Å². The SMILES string of the molecule is COC(=O)/C=C/CO[C@@H]1OC(COB=N)[C@@H](C)[C@H](C)C1O. The molecule has 0 amide bonds. The summed E-state index contributed by atoms with van der Waals surface area (Å²) in [5, 5.41) is 17.0. The Morgan fingerprint density at radius 3 is 2.76 bits per heavy atom. The van der Waals surface area contributed by atoms with E-state index in [0.29, 0.717) is 0 Å². The van der Waals surface area contributed by atoms with Gasteiger partial charge in [-0.3, -0.25) is 0 Å². The van der Waals surface area contributed by atoms with Crippen LogP contribution in [0, 0.1) is 17.1 Å². The monoisotopic (exact) mass is 299 g/mol. The van der Waals surface area contributed by atoms with E-state index in [1.165, 1.54) is 19.3 Å². The van der Waals surface area contributed by atoms with Gasteiger partial charge in [0, 0.05) is 0 Å². The summed E-state index contributed by atoms with van der Waals surface area (Å²) < 4.78 is 20.5. The number of hydrogen-bond donors (Lipinski definition) is 2. The Kier molecular flexibility index (Phi) is 7.56. The molecule has 2 N–H and O–H groups in total. The fourth-order valence-electron chi connectivity index (χ4n) is 2.11. The molecule has 21 heavy (non-hydrogen) atoms. The normalized spacial score (nSPS) is 32.7. The minimum atomic E-state index is -0.794. The Labute approximate surface area is 125 Å². The van der Waals surface area contributed by atoms with E-state index in [-0.39, 0.29) is 31.2 Å². The van der Waals surface area contributed by atoms with Crippen LogP contribution in [0.4, 0.5) is 0 Å². The second-order valence-electron chi connectivity index (χ2n) is 4.96. The second-order valence-corrected chi connectivity index (χ2v) is 4.96. The van der Waals surface area contributed by atoms with Gasteiger partial charge in [-0.2, -0.15) is 0 Å². The van der Waals surface area contributed by atoms with E-state index in [2.05, 4.69) is 4.74 Å². The zero-order chi connectivity index (χ0) is 15.8. The topological polar surface area (TPSA) is 98.1 Å². The van der Waals surface area contributed by atoms with Crippen molar-refractivity contribution in [3.05, 3.63) is 12.2 Å². The number of ether oxygens (including phenoxy) is 3. The average molecular weight is 299 g/mol. The first-order valence-electron chi connectivity index (χ1n) is 6.81. The molecular formula is C13H22BNO6. The molecule has 118 valence electrons. The molecule has 0 aromatic carbocycles. The van der Waals surface area contributed by atoms with Crippen LogP contribution in [0.1, 0.15) is 13.8 Å². The van der Waals surface area contributed by atoms with Gasteiger partial charge in [-0.05, 0) is 0 Å². The van der Waals surface area contributed by atoms with Gasteiger partial charge >= 0.3 is 124 Å². The second kappa shape index (κ2) is 8.91. The van der Waals surface area contributed by atoms with Crippen LogP contribution in [0.5, 0.6) is 0 Å². The predicted octanol–water partition coefficient (Wildman–Crippen LogP) is 0.488. The summed E-state index contributed by atoms with van der Waals surface area (Å²) >= 11 is 0. The van der Waals surface area contributed by atoms with E-state index < -0.39 is 18.4 Å². The summed E-state index contributed by atoms with van der Waals surface area (Å²) in [6.07, 6.45) is 0.921. The Balaban J connectivity index is 2.53. The molecule has 0 aliphatic carbocycles. The van der Waals surface area contributed by atoms with Crippen molar-refractivity contribution in [1.29, 1.82) is 5.31 Å². The summed E-state index contributed by atoms with van der Waals surface area (Å²) in [4.78, 5) is 10.9. The van der Waals surface area contributed by atoms with E-state index in [0.717, 1.165) is 7.27 Å². The Hall–Kier alpha value is -1.25. The van der Waals surface area contributed by atoms with E-state index >= 15 is 0 Å². The molecule has 1 saturated heterocycles. The molecule has 1 aliphatic rings. The third-order valence-corrected chi connectivity index (χ3v) is 3.70. The number of carbonyl (C=O) groups is 1. The van der Waals surface area contributed by atoms with Crippen molar-refractivity contribution in [2.45, 2.75) is 32.3 Å². The average Bonchev–Trinajstić information content (AvgIpc) is 2.49. The van der Waals surface area contributed by atoms with Gasteiger partial charge in [0.15, 0.2) is 0 Å². The standard InChI is InChI=1S/C13H22BNO6/c1-8-9(2)12(17)13(21-10(8)7-20-14-15)19-6-4-5-11(16)18-3/h4-5,8-10,12-13,15,17H,6-7H2,1-3H3/b5-4+/t8-,9-,10?,12?,13+/m0/s1. The molecule has 5 atom stereocenters. The zero-order valence-corrected chi connectivity index (χ0v) is 12.5. The van der Waals surface area contributed by atoms with E-state index in [9.17, 15) is 9.90 Å². The van der Waals surface area contributed by atoms with Gasteiger partial charge in [-0.15, -0.1) is 0 Å². The molecule has 0 saturated carbocycles. The van der Waals surface area contributed by atoms with Crippen LogP contribution in [0.15, 0.2) is 12.2 Å². The summed E-state index contributed by atoms with van der Waals surface area (Å²) in [5.74, 6) is -0.430. The number of methoxy groups -OCH3 is 1. The molecule has 1 fully saturated rings. The predicted molar refractivity (Wildman–Crippen MR) is 74.5 cm³/mol. The van der Waals surface area contributed by atoms with Crippen molar-refractivity contribution in [3.63, 3.8) is 0 Å². The molecule has 7 nitrogen and oxygen atoms in total. The number of aliphatic hydroxyl groups excluding tert-OH is 1. The van der Waals surface area contributed by atoms with Crippen LogP contribution in [-0.4, -0.2) is 57.2 Å². The fourth-order valence-corrected chi connectivity index (χ4v) is 2.11. The number of esters is 1. The van der Waals surface area contributed by atoms with Crippen molar-refractivity contribution in [1.82, 2.24) is 0 Å². The first kappa shape index (κ1) is 17.8. The third kappa shape index (κ3) is 5.22. The number of aliphatic hydroxyl groups is 1. The van der Waals surface area contributed by atoms with Gasteiger partial charge in [0.25, 0.3) is 0 Å². The maximum absolute atomic E-state index is 10.9. The van der Waals surface area contributed by atoms with Crippen LogP contribution >= 0.6 is 0 Å². The molecule has 0 bridgehead atoms. The van der Waals surface area contributed by atoms with Crippen LogP contribution in [-0.2, 0) is 23.7 Å². The molecule has 1 rings (SSSR count). The Morgan fingerprint density at radius 1 is 1.43 bits per heavy atom. The van der Waals surface area contributed by atoms with E-state index in [4.69, 9.17) is 19.4 Å². The van der Waals surface area contributed by atoms with Gasteiger partial charge in [0.2, 0.25) is 0 Å². The van der Waals surface area contributed by atoms with Gasteiger partial charge in [0.1, 0.15) is 0 Å². The molecule has 0 spiro atoms. The number of carbonyl (C=O) groups excluding carboxylic acids is 1. The minimum absolute atomic E-state index is 0.0346. The number of rotatable bonds is 7. The van der Waals surface area contributed by atoms with Crippen LogP contribution < -0.4 is 0 Å². The molecule has 0 radical (unpaired) electrons. The summed E-state index contributed by atoms with van der Waals surface area (Å²) in [6.45, 7) is 4.23. The summed E-state index contributed by atoms with van der Waals surface area (Å²) in [6, 6.07) is 0. The third-order valence-electron chi connectivity index (χ3n) is 3.70. The molecular weight excluding hydrogens is 277 g/mol. The summed E-state index contributed by atoms with van der Waals surface area (Å²) in [5.41, 5.74) is 0. The molecule has 0 aromatic heterocycles. The van der Waals surface area contributed by atoms with Crippen LogP contribution in [0.2, 0.25) is 0 Å². The zero-order valence-electron chi connectivity index (χ0n) is 12.5. The fraction of sp³-hybridized carbons (Fsp3) is 0.769. The van der Waals surface area contributed by atoms with Gasteiger partial charge < -0.3 is 0 Å². The Bertz CT molecular complexity index is 378. The number of nitrogens with one attached hydrogen (secondary N) is 1. The number of hydrogen-bond acceptors (Lipinski definition) is 7. The van der Waals surface area contributed by atoms with E-state index in [1.54, 1.807) is 0 Å². The van der Waals surface area contributed by atoms with Gasteiger partial charge in [0.05, 0.1) is 0 Å². The van der Waals surface area contributed by atoms with Crippen LogP contribution in [0.3, 0.4) is 0 Å². The molecule has 2 unspecified atom stereocenters. The van der Waals surface area contributed by atoms with Crippen molar-refractivity contribution in [2.24, 2.45) is 11.8 Å². The summed E-state index contributed by atoms with van der Waals surface area (Å²) in [7, 11) is 2.15. The Morgan fingerprint density at radius 2 is 2.14 bits per heavy atom. The molecule has 1 heterocycles. The quantitative estimate of drug-likeness (QED) is 0.403. The van der Waals surface area contributed by atoms with Crippen molar-refractivity contribution in [2.75, 3.05) is 20.3 Å². The first-order chi connectivity index (χ1) is 10.0. The first-order valence-corrected chi connectivity index (χ1v) is 6.81. The van der Waals surface area contributed by atoms with Crippen molar-refractivity contribution in [3.8, 4) is 0 Å². The molecule has 1 aliphatic heterocycles.